The van der Waals surface area contributed by atoms with Gasteiger partial charge in [-0.1, -0.05) is 73.0 Å². The zero-order chi connectivity index (χ0) is 28.7. The van der Waals surface area contributed by atoms with Crippen LogP contribution >= 0.6 is 22.6 Å². The Kier molecular flexibility index (Phi) is 10.2. The Morgan fingerprint density at radius 1 is 0.950 bits per heavy atom. The van der Waals surface area contributed by atoms with Crippen molar-refractivity contribution in [3.63, 3.8) is 0 Å². The van der Waals surface area contributed by atoms with E-state index in [1.54, 1.807) is 29.2 Å². The minimum Gasteiger partial charge on any atom is -0.352 e. The fourth-order valence-corrected chi connectivity index (χ4v) is 6.36. The summed E-state index contributed by atoms with van der Waals surface area (Å²) < 4.78 is 27.8. The summed E-state index contributed by atoms with van der Waals surface area (Å²) in [5, 5.41) is 3.19. The Balaban J connectivity index is 1.72. The molecule has 0 heterocycles. The van der Waals surface area contributed by atoms with E-state index in [9.17, 15) is 18.0 Å². The molecule has 1 N–H and O–H groups in total. The van der Waals surface area contributed by atoms with Crippen molar-refractivity contribution in [2.24, 2.45) is 0 Å². The quantitative estimate of drug-likeness (QED) is 0.289. The lowest BCUT2D eigenvalue weighted by Gasteiger charge is -2.34. The van der Waals surface area contributed by atoms with Crippen LogP contribution in [0.15, 0.2) is 78.9 Å². The van der Waals surface area contributed by atoms with E-state index >= 15 is 0 Å². The standard InChI is InChI=1S/C31H36IN3O4S/c1-23-9-8-12-25(19-23)21-34(30(36)22-35(40(2,38)39)28-17-15-26(32)16-18-28)29(20-24-10-4-3-5-11-24)31(37)33-27-13-6-7-14-27/h3-5,8-12,15-19,27,29H,6-7,13-14,20-22H2,1-2H3,(H,33,37)/t29-/m1/s1. The van der Waals surface area contributed by atoms with Crippen LogP contribution in [-0.2, 0) is 32.6 Å². The third-order valence-corrected chi connectivity index (χ3v) is 9.06. The van der Waals surface area contributed by atoms with Crippen molar-refractivity contribution in [1.29, 1.82) is 0 Å². The third kappa shape index (κ3) is 8.30. The van der Waals surface area contributed by atoms with Gasteiger partial charge >= 0.3 is 0 Å². The van der Waals surface area contributed by atoms with Crippen LogP contribution in [0.5, 0.6) is 0 Å². The van der Waals surface area contributed by atoms with Gasteiger partial charge in [0.2, 0.25) is 21.8 Å². The van der Waals surface area contributed by atoms with Crippen LogP contribution in [0.1, 0.15) is 42.4 Å². The lowest BCUT2D eigenvalue weighted by atomic mass is 10.0. The molecule has 2 amide bonds. The van der Waals surface area contributed by atoms with Crippen molar-refractivity contribution >= 4 is 50.1 Å². The van der Waals surface area contributed by atoms with Crippen molar-refractivity contribution in [3.05, 3.63) is 99.1 Å². The van der Waals surface area contributed by atoms with E-state index in [0.29, 0.717) is 12.1 Å². The van der Waals surface area contributed by atoms with Gasteiger partial charge in [0.25, 0.3) is 0 Å². The van der Waals surface area contributed by atoms with Crippen LogP contribution in [0.2, 0.25) is 0 Å². The molecule has 3 aromatic rings. The molecular weight excluding hydrogens is 637 g/mol. The first-order valence-electron chi connectivity index (χ1n) is 13.5. The normalized spacial score (nSPS) is 14.5. The summed E-state index contributed by atoms with van der Waals surface area (Å²) in [6.07, 6.45) is 5.39. The number of rotatable bonds is 11. The van der Waals surface area contributed by atoms with Crippen LogP contribution in [0.25, 0.3) is 0 Å². The van der Waals surface area contributed by atoms with Crippen molar-refractivity contribution in [2.75, 3.05) is 17.1 Å². The average molecular weight is 674 g/mol. The van der Waals surface area contributed by atoms with Crippen molar-refractivity contribution in [3.8, 4) is 0 Å². The summed E-state index contributed by atoms with van der Waals surface area (Å²) in [6.45, 7) is 1.75. The topological polar surface area (TPSA) is 86.8 Å². The summed E-state index contributed by atoms with van der Waals surface area (Å²) in [5.41, 5.74) is 3.24. The van der Waals surface area contributed by atoms with E-state index < -0.39 is 28.5 Å². The largest absolute Gasteiger partial charge is 0.352 e. The molecule has 0 aromatic heterocycles. The number of carbonyl (C=O) groups excluding carboxylic acids is 2. The number of carbonyl (C=O) groups is 2. The molecule has 1 aliphatic carbocycles. The molecule has 1 fully saturated rings. The Labute approximate surface area is 251 Å². The van der Waals surface area contributed by atoms with Crippen molar-refractivity contribution < 1.29 is 18.0 Å². The molecule has 4 rings (SSSR count). The fourth-order valence-electron chi connectivity index (χ4n) is 5.15. The summed E-state index contributed by atoms with van der Waals surface area (Å²) >= 11 is 2.15. The van der Waals surface area contributed by atoms with Gasteiger partial charge in [-0.05, 0) is 77.7 Å². The van der Waals surface area contributed by atoms with Gasteiger partial charge in [0.05, 0.1) is 11.9 Å². The summed E-state index contributed by atoms with van der Waals surface area (Å²) in [5.74, 6) is -0.648. The molecule has 0 radical (unpaired) electrons. The summed E-state index contributed by atoms with van der Waals surface area (Å²) in [6, 6.07) is 23.7. The van der Waals surface area contributed by atoms with E-state index in [0.717, 1.165) is 56.5 Å². The number of hydrogen-bond acceptors (Lipinski definition) is 4. The minimum absolute atomic E-state index is 0.0843. The molecule has 1 aliphatic rings. The predicted molar refractivity (Wildman–Crippen MR) is 167 cm³/mol. The SMILES string of the molecule is Cc1cccc(CN(C(=O)CN(c2ccc(I)cc2)S(C)(=O)=O)[C@H](Cc2ccccc2)C(=O)NC2CCCC2)c1. The van der Waals surface area contributed by atoms with Crippen LogP contribution in [0, 0.1) is 10.5 Å². The number of benzene rings is 3. The lowest BCUT2D eigenvalue weighted by Crippen LogP contribution is -2.54. The van der Waals surface area contributed by atoms with Gasteiger partial charge in [0, 0.05) is 22.6 Å². The van der Waals surface area contributed by atoms with Gasteiger partial charge in [-0.3, -0.25) is 13.9 Å². The first-order chi connectivity index (χ1) is 19.1. The Bertz CT molecular complexity index is 1410. The molecule has 7 nitrogen and oxygen atoms in total. The number of aryl methyl sites for hydroxylation is 1. The molecule has 0 bridgehead atoms. The maximum Gasteiger partial charge on any atom is 0.244 e. The molecule has 1 saturated carbocycles. The van der Waals surface area contributed by atoms with Gasteiger partial charge in [-0.25, -0.2) is 8.42 Å². The van der Waals surface area contributed by atoms with Gasteiger partial charge < -0.3 is 10.2 Å². The number of hydrogen-bond donors (Lipinski definition) is 1. The van der Waals surface area contributed by atoms with E-state index in [-0.39, 0.29) is 18.5 Å². The Morgan fingerprint density at radius 2 is 1.60 bits per heavy atom. The molecule has 3 aromatic carbocycles. The number of nitrogens with zero attached hydrogens (tertiary/aromatic N) is 2. The first kappa shape index (κ1) is 30.0. The maximum absolute atomic E-state index is 14.1. The van der Waals surface area contributed by atoms with Gasteiger partial charge in [0.1, 0.15) is 12.6 Å². The second-order valence-corrected chi connectivity index (χ2v) is 13.6. The predicted octanol–water partition coefficient (Wildman–Crippen LogP) is 5.06. The zero-order valence-corrected chi connectivity index (χ0v) is 25.9. The van der Waals surface area contributed by atoms with Crippen LogP contribution in [0.4, 0.5) is 5.69 Å². The zero-order valence-electron chi connectivity index (χ0n) is 22.9. The second kappa shape index (κ2) is 13.6. The molecule has 0 saturated heterocycles. The number of halogens is 1. The highest BCUT2D eigenvalue weighted by atomic mass is 127. The first-order valence-corrected chi connectivity index (χ1v) is 16.5. The number of nitrogens with one attached hydrogen (secondary N) is 1. The fraction of sp³-hybridized carbons (Fsp3) is 0.355. The monoisotopic (exact) mass is 673 g/mol. The van der Waals surface area contributed by atoms with Crippen LogP contribution in [0.3, 0.4) is 0 Å². The molecule has 0 unspecified atom stereocenters. The molecule has 40 heavy (non-hydrogen) atoms. The smallest absolute Gasteiger partial charge is 0.244 e. The lowest BCUT2D eigenvalue weighted by molar-refractivity contribution is -0.140. The van der Waals surface area contributed by atoms with Gasteiger partial charge in [-0.2, -0.15) is 0 Å². The number of anilines is 1. The van der Waals surface area contributed by atoms with E-state index in [1.807, 2.05) is 61.5 Å². The molecule has 0 spiro atoms. The van der Waals surface area contributed by atoms with Crippen LogP contribution < -0.4 is 9.62 Å². The average Bonchev–Trinajstić information content (AvgIpc) is 3.43. The van der Waals surface area contributed by atoms with Gasteiger partial charge in [-0.15, -0.1) is 0 Å². The third-order valence-electron chi connectivity index (χ3n) is 7.20. The van der Waals surface area contributed by atoms with E-state index in [1.165, 1.54) is 0 Å². The Hall–Kier alpha value is -2.92. The number of sulfonamides is 1. The molecule has 9 heteroatoms. The van der Waals surface area contributed by atoms with Gasteiger partial charge in [0.15, 0.2) is 0 Å². The maximum atomic E-state index is 14.1. The molecule has 1 atom stereocenters. The second-order valence-electron chi connectivity index (χ2n) is 10.5. The van der Waals surface area contributed by atoms with Crippen LogP contribution in [-0.4, -0.2) is 50.0 Å². The van der Waals surface area contributed by atoms with Crippen molar-refractivity contribution in [1.82, 2.24) is 10.2 Å². The van der Waals surface area contributed by atoms with E-state index in [4.69, 9.17) is 0 Å². The highest BCUT2D eigenvalue weighted by Gasteiger charge is 2.34. The Morgan fingerprint density at radius 3 is 2.23 bits per heavy atom. The minimum atomic E-state index is -3.78. The highest BCUT2D eigenvalue weighted by molar-refractivity contribution is 14.1. The van der Waals surface area contributed by atoms with Crippen molar-refractivity contribution in [2.45, 2.75) is 57.7 Å². The molecular formula is C31H36IN3O4S. The number of amides is 2. The summed E-state index contributed by atoms with van der Waals surface area (Å²) in [4.78, 5) is 29.6. The van der Waals surface area contributed by atoms with E-state index in [2.05, 4.69) is 27.9 Å². The highest BCUT2D eigenvalue weighted by Crippen LogP contribution is 2.23. The molecule has 0 aliphatic heterocycles. The molecule has 212 valence electrons. The summed E-state index contributed by atoms with van der Waals surface area (Å²) in [7, 11) is -3.78.